The van der Waals surface area contributed by atoms with Crippen LogP contribution in [0.3, 0.4) is 0 Å². The molecule has 0 fully saturated rings. The number of halogens is 1. The summed E-state index contributed by atoms with van der Waals surface area (Å²) in [6.45, 7) is 7.12. The van der Waals surface area contributed by atoms with E-state index in [0.29, 0.717) is 19.5 Å². The number of pyridine rings is 1. The third-order valence-corrected chi connectivity index (χ3v) is 5.73. The maximum Gasteiger partial charge on any atom is 0.266 e. The Bertz CT molecular complexity index is 729. The van der Waals surface area contributed by atoms with Crippen LogP contribution in [0.2, 0.25) is 5.02 Å². The molecule has 2 rings (SSSR count). The van der Waals surface area contributed by atoms with Crippen molar-refractivity contribution >= 4 is 21.6 Å². The number of H-pyrrole nitrogens is 1. The van der Waals surface area contributed by atoms with E-state index >= 15 is 0 Å². The molecule has 21 heavy (non-hydrogen) atoms. The first-order chi connectivity index (χ1) is 9.62. The standard InChI is InChI=1S/C14H19ClN2O3S/c1-14(2,3)10-4-6-17(7-5-10)21(19,20)11-8-12(15)13(18)16-9-11/h4,8-9H,5-7H2,1-3H3,(H,16,18). The fraction of sp³-hybridized carbons (Fsp3) is 0.500. The highest BCUT2D eigenvalue weighted by Gasteiger charge is 2.29. The van der Waals surface area contributed by atoms with Gasteiger partial charge in [-0.25, -0.2) is 8.42 Å². The summed E-state index contributed by atoms with van der Waals surface area (Å²) in [6, 6.07) is 1.19. The van der Waals surface area contributed by atoms with Crippen molar-refractivity contribution in [3.8, 4) is 0 Å². The highest BCUT2D eigenvalue weighted by atomic mass is 35.5. The lowest BCUT2D eigenvalue weighted by Crippen LogP contribution is -2.36. The summed E-state index contributed by atoms with van der Waals surface area (Å²) in [5.41, 5.74) is 0.814. The van der Waals surface area contributed by atoms with E-state index < -0.39 is 15.6 Å². The second-order valence-corrected chi connectivity index (χ2v) is 8.45. The van der Waals surface area contributed by atoms with Crippen LogP contribution < -0.4 is 5.56 Å². The van der Waals surface area contributed by atoms with E-state index in [1.54, 1.807) is 0 Å². The second-order valence-electron chi connectivity index (χ2n) is 6.10. The van der Waals surface area contributed by atoms with Crippen molar-refractivity contribution in [3.05, 3.63) is 39.3 Å². The van der Waals surface area contributed by atoms with E-state index in [0.717, 1.165) is 0 Å². The monoisotopic (exact) mass is 330 g/mol. The predicted octanol–water partition coefficient (Wildman–Crippen LogP) is 2.40. The van der Waals surface area contributed by atoms with Crippen LogP contribution in [0, 0.1) is 5.41 Å². The molecule has 0 atom stereocenters. The quantitative estimate of drug-likeness (QED) is 0.846. The Morgan fingerprint density at radius 1 is 1.33 bits per heavy atom. The van der Waals surface area contributed by atoms with E-state index in [4.69, 9.17) is 11.6 Å². The van der Waals surface area contributed by atoms with Gasteiger partial charge >= 0.3 is 0 Å². The first kappa shape index (κ1) is 16.3. The van der Waals surface area contributed by atoms with E-state index in [-0.39, 0.29) is 15.3 Å². The molecule has 1 aromatic rings. The molecule has 116 valence electrons. The number of aromatic nitrogens is 1. The Labute approximate surface area is 129 Å². The van der Waals surface area contributed by atoms with Gasteiger partial charge in [-0.1, -0.05) is 44.0 Å². The Kier molecular flexibility index (Phi) is 4.33. The second kappa shape index (κ2) is 5.59. The molecule has 0 aromatic carbocycles. The van der Waals surface area contributed by atoms with Crippen LogP contribution in [-0.2, 0) is 10.0 Å². The van der Waals surface area contributed by atoms with Crippen LogP contribution in [0.5, 0.6) is 0 Å². The molecule has 7 heteroatoms. The molecule has 0 aliphatic carbocycles. The third kappa shape index (κ3) is 3.39. The Morgan fingerprint density at radius 3 is 2.48 bits per heavy atom. The highest BCUT2D eigenvalue weighted by molar-refractivity contribution is 7.89. The lowest BCUT2D eigenvalue weighted by molar-refractivity contribution is 0.389. The predicted molar refractivity (Wildman–Crippen MR) is 83.0 cm³/mol. The molecule has 2 heterocycles. The minimum atomic E-state index is -3.64. The van der Waals surface area contributed by atoms with Gasteiger partial charge in [0.05, 0.1) is 4.90 Å². The zero-order valence-corrected chi connectivity index (χ0v) is 13.9. The SMILES string of the molecule is CC(C)(C)C1=CCN(S(=O)(=O)c2c[nH]c(=O)c(Cl)c2)CC1. The van der Waals surface area contributed by atoms with Crippen LogP contribution in [0.15, 0.2) is 33.6 Å². The number of nitrogens with one attached hydrogen (secondary N) is 1. The number of hydrogen-bond acceptors (Lipinski definition) is 3. The zero-order valence-electron chi connectivity index (χ0n) is 12.3. The zero-order chi connectivity index (χ0) is 15.8. The first-order valence-corrected chi connectivity index (χ1v) is 8.52. The number of hydrogen-bond donors (Lipinski definition) is 1. The van der Waals surface area contributed by atoms with E-state index in [1.165, 1.54) is 22.1 Å². The van der Waals surface area contributed by atoms with Crippen LogP contribution >= 0.6 is 11.6 Å². The highest BCUT2D eigenvalue weighted by Crippen LogP contribution is 2.31. The molecule has 1 aliphatic rings. The van der Waals surface area contributed by atoms with Crippen LogP contribution in [0.25, 0.3) is 0 Å². The summed E-state index contributed by atoms with van der Waals surface area (Å²) in [7, 11) is -3.64. The summed E-state index contributed by atoms with van der Waals surface area (Å²) in [5.74, 6) is 0. The lowest BCUT2D eigenvalue weighted by Gasteiger charge is -2.31. The first-order valence-electron chi connectivity index (χ1n) is 6.70. The average molecular weight is 331 g/mol. The Morgan fingerprint density at radius 2 is 2.00 bits per heavy atom. The third-order valence-electron chi connectivity index (χ3n) is 3.60. The van der Waals surface area contributed by atoms with Crippen LogP contribution in [0.4, 0.5) is 0 Å². The molecule has 0 radical (unpaired) electrons. The fourth-order valence-electron chi connectivity index (χ4n) is 2.29. The van der Waals surface area contributed by atoms with Gasteiger partial charge in [-0.2, -0.15) is 4.31 Å². The lowest BCUT2D eigenvalue weighted by atomic mass is 9.83. The Balaban J connectivity index is 2.28. The molecule has 0 saturated carbocycles. The van der Waals surface area contributed by atoms with Crippen molar-refractivity contribution < 1.29 is 8.42 Å². The molecular formula is C14H19ClN2O3S. The summed E-state index contributed by atoms with van der Waals surface area (Å²) < 4.78 is 26.4. The van der Waals surface area contributed by atoms with Gasteiger partial charge in [-0.3, -0.25) is 4.79 Å². The summed E-state index contributed by atoms with van der Waals surface area (Å²) in [6.07, 6.45) is 3.86. The number of rotatable bonds is 2. The smallest absolute Gasteiger partial charge is 0.266 e. The van der Waals surface area contributed by atoms with Crippen molar-refractivity contribution in [1.82, 2.24) is 9.29 Å². The number of nitrogens with zero attached hydrogens (tertiary/aromatic N) is 1. The molecule has 1 N–H and O–H groups in total. The van der Waals surface area contributed by atoms with Crippen molar-refractivity contribution in [2.45, 2.75) is 32.1 Å². The maximum atomic E-state index is 12.5. The van der Waals surface area contributed by atoms with Crippen molar-refractivity contribution in [2.24, 2.45) is 5.41 Å². The van der Waals surface area contributed by atoms with Crippen LogP contribution in [0.1, 0.15) is 27.2 Å². The van der Waals surface area contributed by atoms with Gasteiger partial charge in [-0.05, 0) is 17.9 Å². The Hall–Kier alpha value is -1.11. The molecule has 0 saturated heterocycles. The molecular weight excluding hydrogens is 312 g/mol. The number of sulfonamides is 1. The summed E-state index contributed by atoms with van der Waals surface area (Å²) >= 11 is 5.70. The van der Waals surface area contributed by atoms with Gasteiger partial charge in [0.15, 0.2) is 0 Å². The van der Waals surface area contributed by atoms with Crippen molar-refractivity contribution in [1.29, 1.82) is 0 Å². The largest absolute Gasteiger partial charge is 0.326 e. The van der Waals surface area contributed by atoms with Gasteiger partial charge in [0.1, 0.15) is 5.02 Å². The van der Waals surface area contributed by atoms with Gasteiger partial charge in [0, 0.05) is 19.3 Å². The average Bonchev–Trinajstić information content (AvgIpc) is 2.41. The topological polar surface area (TPSA) is 70.2 Å². The summed E-state index contributed by atoms with van der Waals surface area (Å²) in [4.78, 5) is 13.6. The maximum absolute atomic E-state index is 12.5. The number of aromatic amines is 1. The van der Waals surface area contributed by atoms with Crippen LogP contribution in [-0.4, -0.2) is 30.8 Å². The van der Waals surface area contributed by atoms with E-state index in [2.05, 4.69) is 25.8 Å². The van der Waals surface area contributed by atoms with Crippen molar-refractivity contribution in [2.75, 3.05) is 13.1 Å². The molecule has 0 spiro atoms. The molecule has 0 bridgehead atoms. The van der Waals surface area contributed by atoms with Gasteiger partial charge in [0.25, 0.3) is 5.56 Å². The molecule has 0 amide bonds. The van der Waals surface area contributed by atoms with Gasteiger partial charge in [0.2, 0.25) is 10.0 Å². The molecule has 1 aromatic heterocycles. The minimum absolute atomic E-state index is 0.0136. The van der Waals surface area contributed by atoms with Crippen molar-refractivity contribution in [3.63, 3.8) is 0 Å². The fourth-order valence-corrected chi connectivity index (χ4v) is 3.90. The van der Waals surface area contributed by atoms with Gasteiger partial charge in [-0.15, -0.1) is 0 Å². The molecule has 1 aliphatic heterocycles. The van der Waals surface area contributed by atoms with Gasteiger partial charge < -0.3 is 4.98 Å². The molecule has 0 unspecified atom stereocenters. The van der Waals surface area contributed by atoms with E-state index in [1.807, 2.05) is 6.08 Å². The van der Waals surface area contributed by atoms with E-state index in [9.17, 15) is 13.2 Å². The minimum Gasteiger partial charge on any atom is -0.326 e. The summed E-state index contributed by atoms with van der Waals surface area (Å²) in [5, 5.41) is -0.126. The normalized spacial score (nSPS) is 17.6. The molecule has 5 nitrogen and oxygen atoms in total.